The molecule has 6 heteroatoms. The van der Waals surface area contributed by atoms with Crippen molar-refractivity contribution >= 4 is 34.7 Å². The van der Waals surface area contributed by atoms with Crippen molar-refractivity contribution in [3.8, 4) is 0 Å². The summed E-state index contributed by atoms with van der Waals surface area (Å²) in [5, 5.41) is 6.86. The Hall–Kier alpha value is -1.69. The Bertz CT molecular complexity index is 470. The molecule has 0 radical (unpaired) electrons. The zero-order chi connectivity index (χ0) is 13.8. The maximum Gasteiger partial charge on any atom is 0.224 e. The first-order valence-corrected chi connectivity index (χ1v) is 6.72. The molecule has 1 aliphatic carbocycles. The summed E-state index contributed by atoms with van der Waals surface area (Å²) >= 11 is 5.19. The fraction of sp³-hybridized carbons (Fsp3) is 0.462. The summed E-state index contributed by atoms with van der Waals surface area (Å²) in [5.74, 6) is 1.36. The zero-order valence-electron chi connectivity index (χ0n) is 11.1. The molecule has 1 heterocycles. The van der Waals surface area contributed by atoms with Crippen LogP contribution >= 0.6 is 12.2 Å². The van der Waals surface area contributed by atoms with Gasteiger partial charge in [0, 0.05) is 20.5 Å². The molecule has 1 saturated carbocycles. The Kier molecular flexibility index (Phi) is 4.31. The summed E-state index contributed by atoms with van der Waals surface area (Å²) in [7, 11) is 1.69. The number of pyridine rings is 1. The van der Waals surface area contributed by atoms with Crippen molar-refractivity contribution in [1.29, 1.82) is 0 Å². The van der Waals surface area contributed by atoms with Crippen molar-refractivity contribution in [3.63, 3.8) is 0 Å². The molecule has 0 bridgehead atoms. The highest BCUT2D eigenvalue weighted by Gasteiger charge is 2.20. The van der Waals surface area contributed by atoms with Gasteiger partial charge in [0.25, 0.3) is 0 Å². The van der Waals surface area contributed by atoms with Crippen molar-refractivity contribution in [1.82, 2.24) is 10.3 Å². The van der Waals surface area contributed by atoms with Gasteiger partial charge >= 0.3 is 0 Å². The van der Waals surface area contributed by atoms with Gasteiger partial charge in [-0.05, 0) is 43.1 Å². The third-order valence-electron chi connectivity index (χ3n) is 3.07. The van der Waals surface area contributed by atoms with Gasteiger partial charge < -0.3 is 15.5 Å². The second-order valence-corrected chi connectivity index (χ2v) is 5.17. The molecule has 0 atom stereocenters. The quantitative estimate of drug-likeness (QED) is 0.822. The van der Waals surface area contributed by atoms with Gasteiger partial charge in [0.2, 0.25) is 5.91 Å². The maximum absolute atomic E-state index is 11.2. The molecule has 0 unspecified atom stereocenters. The number of carbonyl (C=O) groups excluding carboxylic acids is 1. The fourth-order valence-electron chi connectivity index (χ4n) is 1.55. The standard InChI is InChI=1S/C13H18N4OS/c1-9(18)17(2)12-6-5-11(8-14-12)16-13(19)15-7-10-3-4-10/h5-6,8,10H,3-4,7H2,1-2H3,(H2,15,16,19). The van der Waals surface area contributed by atoms with E-state index in [1.54, 1.807) is 19.3 Å². The van der Waals surface area contributed by atoms with Crippen molar-refractivity contribution in [2.45, 2.75) is 19.8 Å². The first-order chi connectivity index (χ1) is 9.06. The highest BCUT2D eigenvalue weighted by molar-refractivity contribution is 7.80. The Labute approximate surface area is 118 Å². The van der Waals surface area contributed by atoms with Gasteiger partial charge in [0.15, 0.2) is 5.11 Å². The summed E-state index contributed by atoms with van der Waals surface area (Å²) in [5.41, 5.74) is 0.814. The molecule has 2 N–H and O–H groups in total. The SMILES string of the molecule is CC(=O)N(C)c1ccc(NC(=S)NCC2CC2)cn1. The van der Waals surface area contributed by atoms with Gasteiger partial charge in [0.1, 0.15) is 5.82 Å². The summed E-state index contributed by atoms with van der Waals surface area (Å²) in [6.45, 7) is 2.44. The molecule has 102 valence electrons. The van der Waals surface area contributed by atoms with Crippen LogP contribution in [-0.2, 0) is 4.79 Å². The Morgan fingerprint density at radius 3 is 2.79 bits per heavy atom. The number of nitrogens with one attached hydrogen (secondary N) is 2. The van der Waals surface area contributed by atoms with Crippen molar-refractivity contribution in [2.75, 3.05) is 23.8 Å². The van der Waals surface area contributed by atoms with E-state index in [9.17, 15) is 4.79 Å². The highest BCUT2D eigenvalue weighted by Crippen LogP contribution is 2.27. The number of amides is 1. The average molecular weight is 278 g/mol. The summed E-state index contributed by atoms with van der Waals surface area (Å²) in [6.07, 6.45) is 4.26. The van der Waals surface area contributed by atoms with E-state index in [4.69, 9.17) is 12.2 Å². The molecular formula is C13H18N4OS. The van der Waals surface area contributed by atoms with E-state index in [-0.39, 0.29) is 5.91 Å². The van der Waals surface area contributed by atoms with Gasteiger partial charge in [-0.1, -0.05) is 0 Å². The van der Waals surface area contributed by atoms with E-state index < -0.39 is 0 Å². The third kappa shape index (κ3) is 4.17. The smallest absolute Gasteiger partial charge is 0.224 e. The summed E-state index contributed by atoms with van der Waals surface area (Å²) in [4.78, 5) is 16.9. The highest BCUT2D eigenvalue weighted by atomic mass is 32.1. The predicted molar refractivity (Wildman–Crippen MR) is 80.3 cm³/mol. The van der Waals surface area contributed by atoms with Gasteiger partial charge in [-0.15, -0.1) is 0 Å². The van der Waals surface area contributed by atoms with Crippen LogP contribution in [0.1, 0.15) is 19.8 Å². The van der Waals surface area contributed by atoms with Gasteiger partial charge in [0.05, 0.1) is 11.9 Å². The van der Waals surface area contributed by atoms with Crippen molar-refractivity contribution in [2.24, 2.45) is 5.92 Å². The minimum Gasteiger partial charge on any atom is -0.362 e. The normalized spacial score (nSPS) is 13.8. The molecule has 19 heavy (non-hydrogen) atoms. The van der Waals surface area contributed by atoms with Crippen LogP contribution in [0.3, 0.4) is 0 Å². The molecule has 0 aromatic carbocycles. The van der Waals surface area contributed by atoms with E-state index in [0.717, 1.165) is 18.2 Å². The number of thiocarbonyl (C=S) groups is 1. The van der Waals surface area contributed by atoms with Crippen LogP contribution in [-0.4, -0.2) is 29.6 Å². The van der Waals surface area contributed by atoms with Crippen LogP contribution in [0.5, 0.6) is 0 Å². The first-order valence-electron chi connectivity index (χ1n) is 6.31. The number of carbonyl (C=O) groups is 1. The van der Waals surface area contributed by atoms with E-state index in [1.165, 1.54) is 24.7 Å². The molecule has 5 nitrogen and oxygen atoms in total. The number of anilines is 2. The number of aromatic nitrogens is 1. The van der Waals surface area contributed by atoms with Gasteiger partial charge in [-0.2, -0.15) is 0 Å². The minimum atomic E-state index is -0.0465. The topological polar surface area (TPSA) is 57.3 Å². The van der Waals surface area contributed by atoms with Gasteiger partial charge in [-0.25, -0.2) is 4.98 Å². The van der Waals surface area contributed by atoms with Crippen LogP contribution in [0, 0.1) is 5.92 Å². The molecule has 1 aliphatic rings. The average Bonchev–Trinajstić information content (AvgIpc) is 3.20. The van der Waals surface area contributed by atoms with Crippen LogP contribution in [0.2, 0.25) is 0 Å². The molecular weight excluding hydrogens is 260 g/mol. The molecule has 0 aliphatic heterocycles. The third-order valence-corrected chi connectivity index (χ3v) is 3.32. The molecule has 1 aromatic heterocycles. The number of nitrogens with zero attached hydrogens (tertiary/aromatic N) is 2. The lowest BCUT2D eigenvalue weighted by Gasteiger charge is -2.14. The molecule has 1 aromatic rings. The van der Waals surface area contributed by atoms with Crippen molar-refractivity contribution in [3.05, 3.63) is 18.3 Å². The summed E-state index contributed by atoms with van der Waals surface area (Å²) in [6, 6.07) is 3.64. The number of hydrogen-bond donors (Lipinski definition) is 2. The fourth-order valence-corrected chi connectivity index (χ4v) is 1.76. The predicted octanol–water partition coefficient (Wildman–Crippen LogP) is 1.76. The molecule has 0 spiro atoms. The zero-order valence-corrected chi connectivity index (χ0v) is 12.0. The second kappa shape index (κ2) is 5.97. The lowest BCUT2D eigenvalue weighted by atomic mass is 10.4. The van der Waals surface area contributed by atoms with E-state index in [0.29, 0.717) is 10.9 Å². The Balaban J connectivity index is 1.86. The second-order valence-electron chi connectivity index (χ2n) is 4.76. The van der Waals surface area contributed by atoms with Crippen LogP contribution < -0.4 is 15.5 Å². The lowest BCUT2D eigenvalue weighted by Crippen LogP contribution is -2.30. The molecule has 0 saturated heterocycles. The van der Waals surface area contributed by atoms with E-state index in [1.807, 2.05) is 6.07 Å². The molecule has 1 fully saturated rings. The molecule has 2 rings (SSSR count). The lowest BCUT2D eigenvalue weighted by molar-refractivity contribution is -0.116. The molecule has 1 amide bonds. The Morgan fingerprint density at radius 1 is 1.53 bits per heavy atom. The number of rotatable bonds is 4. The van der Waals surface area contributed by atoms with Crippen LogP contribution in [0.15, 0.2) is 18.3 Å². The maximum atomic E-state index is 11.2. The minimum absolute atomic E-state index is 0.0465. The van der Waals surface area contributed by atoms with Gasteiger partial charge in [-0.3, -0.25) is 4.79 Å². The number of hydrogen-bond acceptors (Lipinski definition) is 3. The van der Waals surface area contributed by atoms with Crippen LogP contribution in [0.25, 0.3) is 0 Å². The monoisotopic (exact) mass is 278 g/mol. The van der Waals surface area contributed by atoms with Crippen LogP contribution in [0.4, 0.5) is 11.5 Å². The van der Waals surface area contributed by atoms with Crippen molar-refractivity contribution < 1.29 is 4.79 Å². The first kappa shape index (κ1) is 13.7. The van der Waals surface area contributed by atoms with E-state index >= 15 is 0 Å². The summed E-state index contributed by atoms with van der Waals surface area (Å²) < 4.78 is 0. The largest absolute Gasteiger partial charge is 0.362 e. The Morgan fingerprint density at radius 2 is 2.26 bits per heavy atom. The van der Waals surface area contributed by atoms with E-state index in [2.05, 4.69) is 15.6 Å².